The lowest BCUT2D eigenvalue weighted by molar-refractivity contribution is 0.796. The van der Waals surface area contributed by atoms with E-state index in [-0.39, 0.29) is 5.41 Å². The monoisotopic (exact) mass is 611 g/mol. The smallest absolute Gasteiger partial charge is 0.0725 e. The molecule has 0 saturated carbocycles. The summed E-state index contributed by atoms with van der Waals surface area (Å²) in [7, 11) is 0. The van der Waals surface area contributed by atoms with Gasteiger partial charge < -0.3 is 4.90 Å². The number of rotatable bonds is 3. The topological polar surface area (TPSA) is 3.24 Å². The van der Waals surface area contributed by atoms with Crippen molar-refractivity contribution in [2.75, 3.05) is 4.90 Å². The van der Waals surface area contributed by atoms with E-state index in [1.54, 1.807) is 0 Å². The van der Waals surface area contributed by atoms with E-state index in [4.69, 9.17) is 0 Å². The summed E-state index contributed by atoms with van der Waals surface area (Å²) in [5, 5.41) is 5.06. The molecular weight excluding hydrogens is 579 g/mol. The first kappa shape index (κ1) is 27.2. The summed E-state index contributed by atoms with van der Waals surface area (Å²) >= 11 is 0. The Bertz CT molecular complexity index is 2480. The zero-order chi connectivity index (χ0) is 32.0. The van der Waals surface area contributed by atoms with Gasteiger partial charge in [0.05, 0.1) is 5.41 Å². The van der Waals surface area contributed by atoms with E-state index in [0.717, 1.165) is 17.1 Å². The van der Waals surface area contributed by atoms with Crippen LogP contribution in [0.1, 0.15) is 33.4 Å². The minimum Gasteiger partial charge on any atom is -0.310 e. The van der Waals surface area contributed by atoms with Gasteiger partial charge in [-0.2, -0.15) is 0 Å². The molecule has 0 N–H and O–H groups in total. The van der Waals surface area contributed by atoms with Gasteiger partial charge in [-0.25, -0.2) is 0 Å². The standard InChI is InChI=1S/C47H33N/c1-30-15-20-36(21-16-30)48(37-22-17-31(2)18-23-37)38-24-19-34-27-42-41-26-32-9-3-4-10-33(32)28-45(41)47(46(42)29-35(34)25-38)43-13-7-5-11-39(43)40-12-6-8-14-44(40)47/h3-29H,1-2H3. The molecule has 8 aromatic rings. The number of fused-ring (bicyclic) bond motifs is 12. The molecule has 0 bridgehead atoms. The van der Waals surface area contributed by atoms with Gasteiger partial charge in [-0.05, 0) is 141 Å². The van der Waals surface area contributed by atoms with Crippen LogP contribution in [0.15, 0.2) is 164 Å². The summed E-state index contributed by atoms with van der Waals surface area (Å²) in [6, 6.07) is 61.5. The van der Waals surface area contributed by atoms with Crippen LogP contribution in [0.3, 0.4) is 0 Å². The first-order chi connectivity index (χ1) is 23.6. The highest BCUT2D eigenvalue weighted by atomic mass is 15.1. The van der Waals surface area contributed by atoms with Gasteiger partial charge in [-0.15, -0.1) is 0 Å². The van der Waals surface area contributed by atoms with Crippen LogP contribution in [-0.4, -0.2) is 0 Å². The molecule has 2 aliphatic rings. The van der Waals surface area contributed by atoms with E-state index in [0.29, 0.717) is 0 Å². The second kappa shape index (κ2) is 10.0. The van der Waals surface area contributed by atoms with Crippen LogP contribution < -0.4 is 4.90 Å². The third-order valence-electron chi connectivity index (χ3n) is 10.7. The Morgan fingerprint density at radius 3 is 1.33 bits per heavy atom. The predicted molar refractivity (Wildman–Crippen MR) is 202 cm³/mol. The number of hydrogen-bond acceptors (Lipinski definition) is 1. The summed E-state index contributed by atoms with van der Waals surface area (Å²) < 4.78 is 0. The summed E-state index contributed by atoms with van der Waals surface area (Å²) in [4.78, 5) is 2.38. The first-order valence-electron chi connectivity index (χ1n) is 16.8. The fourth-order valence-corrected chi connectivity index (χ4v) is 8.53. The highest BCUT2D eigenvalue weighted by molar-refractivity contribution is 6.04. The second-order valence-electron chi connectivity index (χ2n) is 13.5. The van der Waals surface area contributed by atoms with Crippen LogP contribution in [-0.2, 0) is 5.41 Å². The lowest BCUT2D eigenvalue weighted by Gasteiger charge is -2.31. The van der Waals surface area contributed by atoms with Gasteiger partial charge in [0.1, 0.15) is 0 Å². The molecule has 0 aromatic heterocycles. The third-order valence-corrected chi connectivity index (χ3v) is 10.7. The van der Waals surface area contributed by atoms with Crippen molar-refractivity contribution in [2.45, 2.75) is 19.3 Å². The highest BCUT2D eigenvalue weighted by Crippen LogP contribution is 2.63. The number of benzene rings is 8. The zero-order valence-corrected chi connectivity index (χ0v) is 27.0. The molecule has 0 heterocycles. The summed E-state index contributed by atoms with van der Waals surface area (Å²) in [5.41, 5.74) is 16.4. The minimum atomic E-state index is -0.389. The van der Waals surface area contributed by atoms with Gasteiger partial charge in [0.15, 0.2) is 0 Å². The van der Waals surface area contributed by atoms with Crippen LogP contribution in [0.5, 0.6) is 0 Å². The molecule has 10 rings (SSSR count). The quantitative estimate of drug-likeness (QED) is 0.192. The van der Waals surface area contributed by atoms with Gasteiger partial charge in [-0.3, -0.25) is 0 Å². The van der Waals surface area contributed by atoms with Crippen molar-refractivity contribution in [3.8, 4) is 22.3 Å². The van der Waals surface area contributed by atoms with Gasteiger partial charge in [0.2, 0.25) is 0 Å². The Balaban J connectivity index is 1.27. The Labute approximate surface area is 281 Å². The lowest BCUT2D eigenvalue weighted by Crippen LogP contribution is -2.25. The summed E-state index contributed by atoms with van der Waals surface area (Å²) in [6.07, 6.45) is 0. The number of hydrogen-bond donors (Lipinski definition) is 0. The van der Waals surface area contributed by atoms with Gasteiger partial charge in [0.25, 0.3) is 0 Å². The molecule has 226 valence electrons. The third kappa shape index (κ3) is 3.73. The van der Waals surface area contributed by atoms with E-state index in [1.165, 1.54) is 77.2 Å². The molecule has 0 radical (unpaired) electrons. The molecule has 0 saturated heterocycles. The lowest BCUT2D eigenvalue weighted by atomic mass is 9.70. The van der Waals surface area contributed by atoms with E-state index >= 15 is 0 Å². The van der Waals surface area contributed by atoms with Crippen molar-refractivity contribution < 1.29 is 0 Å². The molecule has 1 heteroatoms. The Morgan fingerprint density at radius 1 is 0.333 bits per heavy atom. The fourth-order valence-electron chi connectivity index (χ4n) is 8.53. The van der Waals surface area contributed by atoms with E-state index in [9.17, 15) is 0 Å². The maximum atomic E-state index is 2.50. The van der Waals surface area contributed by atoms with Crippen molar-refractivity contribution in [3.05, 3.63) is 197 Å². The molecule has 8 aromatic carbocycles. The zero-order valence-electron chi connectivity index (χ0n) is 27.0. The van der Waals surface area contributed by atoms with Crippen molar-refractivity contribution >= 4 is 38.6 Å². The maximum Gasteiger partial charge on any atom is 0.0725 e. The molecule has 2 aliphatic carbocycles. The van der Waals surface area contributed by atoms with Gasteiger partial charge >= 0.3 is 0 Å². The fraction of sp³-hybridized carbons (Fsp3) is 0.0638. The van der Waals surface area contributed by atoms with Crippen LogP contribution in [0.2, 0.25) is 0 Å². The van der Waals surface area contributed by atoms with Gasteiger partial charge in [0, 0.05) is 17.1 Å². The van der Waals surface area contributed by atoms with Gasteiger partial charge in [-0.1, -0.05) is 114 Å². The van der Waals surface area contributed by atoms with Crippen LogP contribution in [0, 0.1) is 13.8 Å². The van der Waals surface area contributed by atoms with E-state index in [1.807, 2.05) is 0 Å². The molecule has 0 amide bonds. The summed E-state index contributed by atoms with van der Waals surface area (Å²) in [5.74, 6) is 0. The van der Waals surface area contributed by atoms with Crippen molar-refractivity contribution in [1.29, 1.82) is 0 Å². The van der Waals surface area contributed by atoms with E-state index in [2.05, 4.69) is 183 Å². The SMILES string of the molecule is Cc1ccc(N(c2ccc(C)cc2)c2ccc3cc4c(cc3c2)C2(c3ccccc3-c3ccccc32)c2cc3ccccc3cc2-4)cc1. The van der Waals surface area contributed by atoms with Crippen molar-refractivity contribution in [1.82, 2.24) is 0 Å². The Morgan fingerprint density at radius 2 is 0.771 bits per heavy atom. The normalized spacial score (nSPS) is 13.4. The predicted octanol–water partition coefficient (Wildman–Crippen LogP) is 12.4. The molecule has 1 spiro atoms. The van der Waals surface area contributed by atoms with Crippen molar-refractivity contribution in [2.24, 2.45) is 0 Å². The van der Waals surface area contributed by atoms with E-state index < -0.39 is 0 Å². The number of aryl methyl sites for hydroxylation is 2. The Hall–Kier alpha value is -5.92. The molecular formula is C47H33N. The Kier molecular flexibility index (Phi) is 5.69. The van der Waals surface area contributed by atoms with Crippen molar-refractivity contribution in [3.63, 3.8) is 0 Å². The summed E-state index contributed by atoms with van der Waals surface area (Å²) in [6.45, 7) is 4.29. The minimum absolute atomic E-state index is 0.389. The van der Waals surface area contributed by atoms with Crippen LogP contribution in [0.25, 0.3) is 43.8 Å². The molecule has 0 fully saturated rings. The largest absolute Gasteiger partial charge is 0.310 e. The van der Waals surface area contributed by atoms with Crippen LogP contribution >= 0.6 is 0 Å². The molecule has 0 aliphatic heterocycles. The highest BCUT2D eigenvalue weighted by Gasteiger charge is 2.51. The average Bonchev–Trinajstić information content (AvgIpc) is 3.57. The molecule has 48 heavy (non-hydrogen) atoms. The number of anilines is 3. The first-order valence-corrected chi connectivity index (χ1v) is 16.8. The second-order valence-corrected chi connectivity index (χ2v) is 13.5. The molecule has 1 nitrogen and oxygen atoms in total. The molecule has 0 atom stereocenters. The molecule has 0 unspecified atom stereocenters. The van der Waals surface area contributed by atoms with Crippen LogP contribution in [0.4, 0.5) is 17.1 Å². The maximum absolute atomic E-state index is 2.50. The average molecular weight is 612 g/mol. The number of nitrogens with zero attached hydrogens (tertiary/aromatic N) is 1.